The Balaban J connectivity index is 2.23. The maximum Gasteiger partial charge on any atom is 0.258 e. The Morgan fingerprint density at radius 1 is 1.24 bits per heavy atom. The lowest BCUT2D eigenvalue weighted by Gasteiger charge is -2.15. The van der Waals surface area contributed by atoms with Crippen LogP contribution in [0.25, 0.3) is 0 Å². The van der Waals surface area contributed by atoms with Crippen LogP contribution in [0.1, 0.15) is 24.2 Å². The van der Waals surface area contributed by atoms with Gasteiger partial charge in [-0.2, -0.15) is 0 Å². The lowest BCUT2D eigenvalue weighted by atomic mass is 10.1. The largest absolute Gasteiger partial charge is 0.489 e. The molecule has 0 bridgehead atoms. The summed E-state index contributed by atoms with van der Waals surface area (Å²) in [7, 11) is 0. The highest BCUT2D eigenvalue weighted by Gasteiger charge is 2.14. The number of rotatable bonds is 4. The maximum atomic E-state index is 13.7. The minimum absolute atomic E-state index is 0.0312. The average molecular weight is 288 g/mol. The first kappa shape index (κ1) is 14.8. The molecule has 0 saturated heterocycles. The van der Waals surface area contributed by atoms with E-state index in [-0.39, 0.29) is 17.4 Å². The van der Waals surface area contributed by atoms with Crippen LogP contribution in [-0.4, -0.2) is 12.0 Å². The number of nitrogen functional groups attached to an aromatic ring is 1. The first-order valence-corrected chi connectivity index (χ1v) is 6.59. The van der Waals surface area contributed by atoms with Gasteiger partial charge < -0.3 is 15.8 Å². The number of nitrogens with one attached hydrogen (secondary N) is 1. The van der Waals surface area contributed by atoms with Crippen molar-refractivity contribution in [2.45, 2.75) is 20.0 Å². The molecule has 0 unspecified atom stereocenters. The number of halogens is 1. The average Bonchev–Trinajstić information content (AvgIpc) is 2.40. The van der Waals surface area contributed by atoms with E-state index in [9.17, 15) is 9.18 Å². The predicted molar refractivity (Wildman–Crippen MR) is 81.0 cm³/mol. The molecule has 2 aromatic rings. The van der Waals surface area contributed by atoms with Crippen LogP contribution in [0.5, 0.6) is 5.75 Å². The summed E-state index contributed by atoms with van der Waals surface area (Å²) in [6, 6.07) is 11.0. The molecule has 21 heavy (non-hydrogen) atoms. The summed E-state index contributed by atoms with van der Waals surface area (Å²) in [5.74, 6) is -0.668. The van der Waals surface area contributed by atoms with Crippen molar-refractivity contribution in [2.75, 3.05) is 11.1 Å². The van der Waals surface area contributed by atoms with Gasteiger partial charge in [0.1, 0.15) is 11.6 Å². The first-order valence-electron chi connectivity index (χ1n) is 6.59. The Morgan fingerprint density at radius 3 is 2.62 bits per heavy atom. The van der Waals surface area contributed by atoms with E-state index in [1.54, 1.807) is 24.3 Å². The van der Waals surface area contributed by atoms with E-state index < -0.39 is 11.7 Å². The van der Waals surface area contributed by atoms with Crippen molar-refractivity contribution in [1.29, 1.82) is 0 Å². The standard InChI is InChI=1S/C16H17FN2O2/c1-10(2)21-15-6-4-3-5-14(15)19-16(20)12-8-7-11(18)9-13(12)17/h3-10H,18H2,1-2H3,(H,19,20). The number of benzene rings is 2. The molecule has 2 rings (SSSR count). The zero-order valence-corrected chi connectivity index (χ0v) is 11.9. The Hall–Kier alpha value is -2.56. The number of hydrogen-bond acceptors (Lipinski definition) is 3. The van der Waals surface area contributed by atoms with Crippen LogP contribution in [0.2, 0.25) is 0 Å². The summed E-state index contributed by atoms with van der Waals surface area (Å²) >= 11 is 0. The van der Waals surface area contributed by atoms with Crippen LogP contribution in [-0.2, 0) is 0 Å². The molecule has 0 atom stereocenters. The number of ether oxygens (including phenoxy) is 1. The summed E-state index contributed by atoms with van der Waals surface area (Å²) in [5, 5.41) is 2.65. The molecule has 3 N–H and O–H groups in total. The summed E-state index contributed by atoms with van der Waals surface area (Å²) < 4.78 is 19.3. The van der Waals surface area contributed by atoms with Gasteiger partial charge in [-0.3, -0.25) is 4.79 Å². The van der Waals surface area contributed by atoms with Gasteiger partial charge in [0.15, 0.2) is 0 Å². The summed E-state index contributed by atoms with van der Waals surface area (Å²) in [6.45, 7) is 3.77. The Kier molecular flexibility index (Phi) is 4.42. The maximum absolute atomic E-state index is 13.7. The molecule has 0 aromatic heterocycles. The van der Waals surface area contributed by atoms with Crippen molar-refractivity contribution in [2.24, 2.45) is 0 Å². The highest BCUT2D eigenvalue weighted by Crippen LogP contribution is 2.25. The fourth-order valence-corrected chi connectivity index (χ4v) is 1.83. The van der Waals surface area contributed by atoms with Crippen LogP contribution in [0.3, 0.4) is 0 Å². The first-order chi connectivity index (χ1) is 9.97. The van der Waals surface area contributed by atoms with Crippen molar-refractivity contribution in [3.05, 3.63) is 53.8 Å². The number of carbonyl (C=O) groups excluding carboxylic acids is 1. The minimum atomic E-state index is -0.658. The molecule has 0 heterocycles. The predicted octanol–water partition coefficient (Wildman–Crippen LogP) is 3.45. The second-order valence-corrected chi connectivity index (χ2v) is 4.86. The van der Waals surface area contributed by atoms with Crippen molar-refractivity contribution in [1.82, 2.24) is 0 Å². The molecule has 0 saturated carbocycles. The molecular formula is C16H17FN2O2. The third kappa shape index (κ3) is 3.72. The molecule has 0 aliphatic rings. The van der Waals surface area contributed by atoms with E-state index in [1.165, 1.54) is 12.1 Å². The normalized spacial score (nSPS) is 10.5. The van der Waals surface area contributed by atoms with Crippen LogP contribution >= 0.6 is 0 Å². The highest BCUT2D eigenvalue weighted by atomic mass is 19.1. The zero-order chi connectivity index (χ0) is 15.4. The second-order valence-electron chi connectivity index (χ2n) is 4.86. The van der Waals surface area contributed by atoms with Gasteiger partial charge in [0, 0.05) is 5.69 Å². The lowest BCUT2D eigenvalue weighted by molar-refractivity contribution is 0.102. The minimum Gasteiger partial charge on any atom is -0.489 e. The lowest BCUT2D eigenvalue weighted by Crippen LogP contribution is -2.16. The molecule has 1 amide bonds. The van der Waals surface area contributed by atoms with Crippen LogP contribution < -0.4 is 15.8 Å². The molecule has 0 radical (unpaired) electrons. The van der Waals surface area contributed by atoms with E-state index in [0.29, 0.717) is 11.4 Å². The van der Waals surface area contributed by atoms with Crippen molar-refractivity contribution >= 4 is 17.3 Å². The molecule has 0 aliphatic carbocycles. The van der Waals surface area contributed by atoms with Gasteiger partial charge in [0.25, 0.3) is 5.91 Å². The van der Waals surface area contributed by atoms with Gasteiger partial charge in [0.2, 0.25) is 0 Å². The molecule has 4 nitrogen and oxygen atoms in total. The van der Waals surface area contributed by atoms with Gasteiger partial charge in [-0.25, -0.2) is 4.39 Å². The van der Waals surface area contributed by atoms with Crippen LogP contribution in [0.15, 0.2) is 42.5 Å². The van der Waals surface area contributed by atoms with E-state index in [0.717, 1.165) is 6.07 Å². The topological polar surface area (TPSA) is 64.3 Å². The molecule has 0 aliphatic heterocycles. The number of para-hydroxylation sites is 2. The summed E-state index contributed by atoms with van der Waals surface area (Å²) in [5.41, 5.74) is 6.17. The van der Waals surface area contributed by atoms with Crippen molar-refractivity contribution in [3.8, 4) is 5.75 Å². The third-order valence-corrected chi connectivity index (χ3v) is 2.74. The monoisotopic (exact) mass is 288 g/mol. The van der Waals surface area contributed by atoms with E-state index in [1.807, 2.05) is 13.8 Å². The number of hydrogen-bond donors (Lipinski definition) is 2. The summed E-state index contributed by atoms with van der Waals surface area (Å²) in [4.78, 5) is 12.1. The van der Waals surface area contributed by atoms with Gasteiger partial charge in [-0.1, -0.05) is 12.1 Å². The smallest absolute Gasteiger partial charge is 0.258 e. The van der Waals surface area contributed by atoms with Crippen molar-refractivity contribution in [3.63, 3.8) is 0 Å². The highest BCUT2D eigenvalue weighted by molar-refractivity contribution is 6.05. The Morgan fingerprint density at radius 2 is 1.95 bits per heavy atom. The molecule has 110 valence electrons. The fourth-order valence-electron chi connectivity index (χ4n) is 1.83. The van der Waals surface area contributed by atoms with Crippen LogP contribution in [0, 0.1) is 5.82 Å². The molecule has 0 fully saturated rings. The molecular weight excluding hydrogens is 271 g/mol. The van der Waals surface area contributed by atoms with E-state index in [4.69, 9.17) is 10.5 Å². The van der Waals surface area contributed by atoms with Gasteiger partial charge in [-0.05, 0) is 44.2 Å². The van der Waals surface area contributed by atoms with Crippen molar-refractivity contribution < 1.29 is 13.9 Å². The molecule has 2 aromatic carbocycles. The number of anilines is 2. The van der Waals surface area contributed by atoms with Gasteiger partial charge in [-0.15, -0.1) is 0 Å². The van der Waals surface area contributed by atoms with Gasteiger partial charge >= 0.3 is 0 Å². The zero-order valence-electron chi connectivity index (χ0n) is 11.9. The fraction of sp³-hybridized carbons (Fsp3) is 0.188. The SMILES string of the molecule is CC(C)Oc1ccccc1NC(=O)c1ccc(N)cc1F. The second kappa shape index (κ2) is 6.26. The summed E-state index contributed by atoms with van der Waals surface area (Å²) in [6.07, 6.45) is -0.0312. The Labute approximate surface area is 122 Å². The molecule has 5 heteroatoms. The molecule has 0 spiro atoms. The number of carbonyl (C=O) groups is 1. The quantitative estimate of drug-likeness (QED) is 0.847. The van der Waals surface area contributed by atoms with Crippen LogP contribution in [0.4, 0.5) is 15.8 Å². The Bertz CT molecular complexity index is 656. The van der Waals surface area contributed by atoms with E-state index >= 15 is 0 Å². The van der Waals surface area contributed by atoms with Gasteiger partial charge in [0.05, 0.1) is 17.4 Å². The number of nitrogens with two attached hydrogens (primary N) is 1. The van der Waals surface area contributed by atoms with E-state index in [2.05, 4.69) is 5.32 Å². The third-order valence-electron chi connectivity index (χ3n) is 2.74. The number of amides is 1.